The SMILES string of the molecule is CC(CNc1ccccc1)Sc1nnnn1C1CC1. The topological polar surface area (TPSA) is 55.6 Å². The first-order chi connectivity index (χ1) is 9.33. The van der Waals surface area contributed by atoms with E-state index in [0.29, 0.717) is 11.3 Å². The summed E-state index contributed by atoms with van der Waals surface area (Å²) in [7, 11) is 0. The maximum atomic E-state index is 4.11. The standard InChI is InChI=1S/C13H17N5S/c1-10(9-14-11-5-3-2-4-6-11)19-13-15-16-17-18(13)12-7-8-12/h2-6,10,12,14H,7-9H2,1H3. The van der Waals surface area contributed by atoms with Gasteiger partial charge < -0.3 is 5.32 Å². The van der Waals surface area contributed by atoms with Crippen LogP contribution in [0.15, 0.2) is 35.5 Å². The molecule has 1 aromatic carbocycles. The summed E-state index contributed by atoms with van der Waals surface area (Å²) in [6, 6.07) is 10.8. The van der Waals surface area contributed by atoms with Gasteiger partial charge in [0.05, 0.1) is 6.04 Å². The summed E-state index contributed by atoms with van der Waals surface area (Å²) >= 11 is 1.73. The lowest BCUT2D eigenvalue weighted by atomic mass is 10.3. The largest absolute Gasteiger partial charge is 0.384 e. The number of nitrogens with zero attached hydrogens (tertiary/aromatic N) is 4. The molecule has 0 spiro atoms. The molecule has 3 rings (SSSR count). The van der Waals surface area contributed by atoms with Crippen molar-refractivity contribution in [3.8, 4) is 0 Å². The van der Waals surface area contributed by atoms with Crippen LogP contribution in [0.2, 0.25) is 0 Å². The predicted octanol–water partition coefficient (Wildman–Crippen LogP) is 2.60. The minimum atomic E-state index is 0.420. The number of tetrazole rings is 1. The summed E-state index contributed by atoms with van der Waals surface area (Å²) in [5, 5.41) is 16.7. The predicted molar refractivity (Wildman–Crippen MR) is 76.3 cm³/mol. The highest BCUT2D eigenvalue weighted by atomic mass is 32.2. The van der Waals surface area contributed by atoms with Crippen LogP contribution >= 0.6 is 11.8 Å². The van der Waals surface area contributed by atoms with Crippen molar-refractivity contribution in [2.75, 3.05) is 11.9 Å². The minimum absolute atomic E-state index is 0.420. The van der Waals surface area contributed by atoms with Crippen molar-refractivity contribution in [2.24, 2.45) is 0 Å². The van der Waals surface area contributed by atoms with Crippen LogP contribution in [0.3, 0.4) is 0 Å². The molecule has 100 valence electrons. The second kappa shape index (κ2) is 5.61. The molecule has 0 aliphatic heterocycles. The second-order valence-electron chi connectivity index (χ2n) is 4.81. The van der Waals surface area contributed by atoms with Gasteiger partial charge in [0.15, 0.2) is 0 Å². The van der Waals surface area contributed by atoms with Crippen molar-refractivity contribution in [3.05, 3.63) is 30.3 Å². The van der Waals surface area contributed by atoms with Gasteiger partial charge in [-0.1, -0.05) is 36.9 Å². The molecule has 0 saturated heterocycles. The molecule has 1 aromatic heterocycles. The van der Waals surface area contributed by atoms with E-state index in [1.54, 1.807) is 11.8 Å². The molecule has 1 saturated carbocycles. The van der Waals surface area contributed by atoms with Gasteiger partial charge in [-0.3, -0.25) is 0 Å². The molecule has 6 heteroatoms. The van der Waals surface area contributed by atoms with E-state index < -0.39 is 0 Å². The Morgan fingerprint density at radius 2 is 2.16 bits per heavy atom. The first-order valence-electron chi connectivity index (χ1n) is 6.56. The summed E-state index contributed by atoms with van der Waals surface area (Å²) in [5.41, 5.74) is 1.15. The molecule has 1 fully saturated rings. The second-order valence-corrected chi connectivity index (χ2v) is 6.22. The van der Waals surface area contributed by atoms with Crippen LogP contribution in [0.5, 0.6) is 0 Å². The van der Waals surface area contributed by atoms with Crippen LogP contribution < -0.4 is 5.32 Å². The Kier molecular flexibility index (Phi) is 3.68. The normalized spacial score (nSPS) is 16.3. The van der Waals surface area contributed by atoms with Crippen LogP contribution in [-0.2, 0) is 0 Å². The van der Waals surface area contributed by atoms with Crippen LogP contribution in [-0.4, -0.2) is 32.0 Å². The first-order valence-corrected chi connectivity index (χ1v) is 7.44. The van der Waals surface area contributed by atoms with Gasteiger partial charge in [-0.15, -0.1) is 5.10 Å². The van der Waals surface area contributed by atoms with E-state index in [0.717, 1.165) is 17.4 Å². The van der Waals surface area contributed by atoms with E-state index in [9.17, 15) is 0 Å². The maximum Gasteiger partial charge on any atom is 0.209 e. The highest BCUT2D eigenvalue weighted by molar-refractivity contribution is 7.99. The van der Waals surface area contributed by atoms with Gasteiger partial charge in [0.25, 0.3) is 0 Å². The molecule has 1 aliphatic carbocycles. The van der Waals surface area contributed by atoms with Crippen molar-refractivity contribution in [1.29, 1.82) is 0 Å². The number of nitrogens with one attached hydrogen (secondary N) is 1. The highest BCUT2D eigenvalue weighted by Gasteiger charge is 2.28. The van der Waals surface area contributed by atoms with Crippen LogP contribution in [0.1, 0.15) is 25.8 Å². The molecule has 0 radical (unpaired) electrons. The molecule has 19 heavy (non-hydrogen) atoms. The smallest absolute Gasteiger partial charge is 0.209 e. The lowest BCUT2D eigenvalue weighted by Gasteiger charge is -2.12. The van der Waals surface area contributed by atoms with Crippen LogP contribution in [0.4, 0.5) is 5.69 Å². The molecule has 1 unspecified atom stereocenters. The Hall–Kier alpha value is -1.56. The van der Waals surface area contributed by atoms with E-state index in [1.807, 2.05) is 22.9 Å². The van der Waals surface area contributed by atoms with E-state index in [1.165, 1.54) is 12.8 Å². The molecule has 1 atom stereocenters. The summed E-state index contributed by atoms with van der Waals surface area (Å²) in [6.07, 6.45) is 2.41. The molecular weight excluding hydrogens is 258 g/mol. The average Bonchev–Trinajstić information content (AvgIpc) is 3.18. The summed E-state index contributed by atoms with van der Waals surface area (Å²) in [4.78, 5) is 0. The van der Waals surface area contributed by atoms with Gasteiger partial charge in [0.1, 0.15) is 0 Å². The Bertz CT molecular complexity index is 523. The van der Waals surface area contributed by atoms with Gasteiger partial charge in [0, 0.05) is 17.5 Å². The third-order valence-electron chi connectivity index (χ3n) is 3.03. The van der Waals surface area contributed by atoms with E-state index in [2.05, 4.69) is 39.9 Å². The fraction of sp³-hybridized carbons (Fsp3) is 0.462. The molecule has 1 aliphatic rings. The van der Waals surface area contributed by atoms with Gasteiger partial charge in [0.2, 0.25) is 5.16 Å². The average molecular weight is 275 g/mol. The zero-order valence-corrected chi connectivity index (χ0v) is 11.7. The number of para-hydroxylation sites is 1. The number of benzene rings is 1. The third kappa shape index (κ3) is 3.26. The Morgan fingerprint density at radius 3 is 2.89 bits per heavy atom. The Labute approximate surface area is 116 Å². The van der Waals surface area contributed by atoms with E-state index in [-0.39, 0.29) is 0 Å². The molecule has 5 nitrogen and oxygen atoms in total. The number of anilines is 1. The Morgan fingerprint density at radius 1 is 1.37 bits per heavy atom. The number of hydrogen-bond acceptors (Lipinski definition) is 5. The van der Waals surface area contributed by atoms with E-state index in [4.69, 9.17) is 0 Å². The lowest BCUT2D eigenvalue weighted by Crippen LogP contribution is -2.14. The highest BCUT2D eigenvalue weighted by Crippen LogP contribution is 2.37. The lowest BCUT2D eigenvalue weighted by molar-refractivity contribution is 0.565. The van der Waals surface area contributed by atoms with Crippen LogP contribution in [0.25, 0.3) is 0 Å². The van der Waals surface area contributed by atoms with Gasteiger partial charge in [-0.05, 0) is 35.4 Å². The monoisotopic (exact) mass is 275 g/mol. The third-order valence-corrected chi connectivity index (χ3v) is 4.08. The number of rotatable bonds is 6. The number of aromatic nitrogens is 4. The molecule has 0 amide bonds. The van der Waals surface area contributed by atoms with Gasteiger partial charge >= 0.3 is 0 Å². The summed E-state index contributed by atoms with van der Waals surface area (Å²) in [6.45, 7) is 3.08. The zero-order chi connectivity index (χ0) is 13.1. The summed E-state index contributed by atoms with van der Waals surface area (Å²) in [5.74, 6) is 0. The van der Waals surface area contributed by atoms with Gasteiger partial charge in [-0.25, -0.2) is 4.68 Å². The number of thioether (sulfide) groups is 1. The van der Waals surface area contributed by atoms with Crippen molar-refractivity contribution in [1.82, 2.24) is 20.2 Å². The first kappa shape index (κ1) is 12.5. The minimum Gasteiger partial charge on any atom is -0.384 e. The maximum absolute atomic E-state index is 4.11. The van der Waals surface area contributed by atoms with Gasteiger partial charge in [-0.2, -0.15) is 0 Å². The van der Waals surface area contributed by atoms with Crippen molar-refractivity contribution < 1.29 is 0 Å². The quantitative estimate of drug-likeness (QED) is 0.821. The fourth-order valence-electron chi connectivity index (χ4n) is 1.85. The van der Waals surface area contributed by atoms with Crippen LogP contribution in [0, 0.1) is 0 Å². The fourth-order valence-corrected chi connectivity index (χ4v) is 2.75. The molecular formula is C13H17N5S. The molecule has 2 aromatic rings. The zero-order valence-electron chi connectivity index (χ0n) is 10.9. The van der Waals surface area contributed by atoms with E-state index >= 15 is 0 Å². The molecule has 1 N–H and O–H groups in total. The summed E-state index contributed by atoms with van der Waals surface area (Å²) < 4.78 is 1.96. The molecule has 1 heterocycles. The Balaban J connectivity index is 1.53. The van der Waals surface area contributed by atoms with Crippen molar-refractivity contribution in [3.63, 3.8) is 0 Å². The van der Waals surface area contributed by atoms with Crippen molar-refractivity contribution >= 4 is 17.4 Å². The van der Waals surface area contributed by atoms with Crippen molar-refractivity contribution in [2.45, 2.75) is 36.2 Å². The number of hydrogen-bond donors (Lipinski definition) is 1. The molecule has 0 bridgehead atoms.